The standard InChI is InChI=1S/C82H56N4OSi.Pt/c1-82(2,3)55-47-48-83-79(50-55)86-74-41-16-13-35-68(74)69-46-45-58(52-76(69)86)87-57-25-20-24-56(51-57)84-53-85-80-61(38-21-39-72(80)66-33-11-7-29-62(66)63-30-8-12-34-67(63)73-40-22-42-75(84)81(73)85)54-23-19-28-60(49-54)88(59-26-5-4-6-27-59)77-43-17-14-36-70(77)64-31-9-10-32-65(64)71-37-15-18-44-78(71)88;/h4-50H,1-3H3;/q-2;. The molecule has 0 bridgehead atoms. The average molecular weight is 1340 g/mol. The number of benzene rings is 12. The van der Waals surface area contributed by atoms with Crippen molar-refractivity contribution >= 4 is 61.7 Å². The van der Waals surface area contributed by atoms with Crippen LogP contribution in [0.25, 0.3) is 117 Å². The van der Waals surface area contributed by atoms with Gasteiger partial charge in [-0.15, -0.1) is 29.7 Å². The maximum absolute atomic E-state index is 6.87. The minimum absolute atomic E-state index is 0. The van der Waals surface area contributed by atoms with Crippen LogP contribution in [0.1, 0.15) is 26.3 Å². The van der Waals surface area contributed by atoms with Crippen molar-refractivity contribution in [3.63, 3.8) is 0 Å². The van der Waals surface area contributed by atoms with Gasteiger partial charge in [-0.1, -0.05) is 257 Å². The zero-order valence-electron chi connectivity index (χ0n) is 49.1. The molecule has 0 amide bonds. The third kappa shape index (κ3) is 8.53. The number of hydrogen-bond donors (Lipinski definition) is 0. The van der Waals surface area contributed by atoms with Gasteiger partial charge in [-0.3, -0.25) is 4.57 Å². The molecule has 0 radical (unpaired) electrons. The molecule has 7 heteroatoms. The molecule has 17 rings (SSSR count). The Hall–Kier alpha value is -10.2. The van der Waals surface area contributed by atoms with Crippen LogP contribution in [0, 0.1) is 18.5 Å². The summed E-state index contributed by atoms with van der Waals surface area (Å²) in [7, 11) is -3.12. The van der Waals surface area contributed by atoms with Crippen molar-refractivity contribution in [1.29, 1.82) is 0 Å². The van der Waals surface area contributed by atoms with E-state index in [9.17, 15) is 0 Å². The van der Waals surface area contributed by atoms with Gasteiger partial charge in [0.15, 0.2) is 8.07 Å². The second-order valence-corrected chi connectivity index (χ2v) is 27.9. The van der Waals surface area contributed by atoms with E-state index in [0.717, 1.165) is 83.4 Å². The van der Waals surface area contributed by atoms with Crippen LogP contribution in [0.5, 0.6) is 11.5 Å². The molecular formula is C82H56N4OPtSi-2. The Morgan fingerprint density at radius 1 is 0.427 bits per heavy atom. The molecule has 2 aliphatic heterocycles. The Morgan fingerprint density at radius 3 is 1.66 bits per heavy atom. The van der Waals surface area contributed by atoms with E-state index in [0.29, 0.717) is 11.5 Å². The van der Waals surface area contributed by atoms with Gasteiger partial charge in [0.2, 0.25) is 0 Å². The topological polar surface area (TPSA) is 35.9 Å². The van der Waals surface area contributed by atoms with Crippen LogP contribution in [0.4, 0.5) is 0 Å². The molecule has 12 aromatic carbocycles. The molecule has 2 aliphatic rings. The SMILES string of the molecule is CC(C)(C)c1ccnc(-n2c3[c-]c(Oc4[c-]c(-n5[c-][n+]6c7c(cccc75)-c5ccccc5-c5ccccc5-c5cccc(-c7cccc([Si]8(c9ccccc9)c9ccccc9-c9ccccc9-c9ccccc98)c7)c5-6)ccc4)ccc3c3ccccc32)c1.[Pt]. The number of hydrogen-bond acceptors (Lipinski definition) is 2. The maximum Gasteiger partial charge on any atom is 0.268 e. The summed E-state index contributed by atoms with van der Waals surface area (Å²) in [6.07, 6.45) is 5.94. The molecule has 15 aromatic rings. The molecule has 89 heavy (non-hydrogen) atoms. The molecule has 0 atom stereocenters. The molecule has 3 aromatic heterocycles. The molecule has 0 unspecified atom stereocenters. The first-order valence-corrected chi connectivity index (χ1v) is 32.2. The fourth-order valence-corrected chi connectivity index (χ4v) is 19.6. The molecule has 0 aliphatic carbocycles. The van der Waals surface area contributed by atoms with Gasteiger partial charge in [0.1, 0.15) is 5.82 Å². The monoisotopic (exact) mass is 1340 g/mol. The fourth-order valence-electron chi connectivity index (χ4n) is 14.4. The van der Waals surface area contributed by atoms with Crippen molar-refractivity contribution < 1.29 is 30.4 Å². The number of imidazole rings is 1. The maximum atomic E-state index is 6.87. The summed E-state index contributed by atoms with van der Waals surface area (Å²) in [5.41, 5.74) is 21.0. The van der Waals surface area contributed by atoms with E-state index in [-0.39, 0.29) is 26.5 Å². The normalized spacial score (nSPS) is 12.7. The third-order valence-electron chi connectivity index (χ3n) is 18.3. The van der Waals surface area contributed by atoms with Crippen molar-refractivity contribution in [3.05, 3.63) is 309 Å². The Bertz CT molecular complexity index is 5260. The van der Waals surface area contributed by atoms with Crippen LogP contribution in [0.2, 0.25) is 0 Å². The summed E-state index contributed by atoms with van der Waals surface area (Å²) in [6, 6.07) is 110. The van der Waals surface area contributed by atoms with Crippen LogP contribution < -0.4 is 30.1 Å². The summed E-state index contributed by atoms with van der Waals surface area (Å²) >= 11 is 0. The van der Waals surface area contributed by atoms with Crippen LogP contribution in [-0.2, 0) is 26.5 Å². The molecular weight excluding hydrogens is 1280 g/mol. The van der Waals surface area contributed by atoms with E-state index >= 15 is 0 Å². The molecule has 0 saturated heterocycles. The number of aromatic nitrogens is 4. The Morgan fingerprint density at radius 2 is 0.955 bits per heavy atom. The van der Waals surface area contributed by atoms with Crippen LogP contribution in [0.15, 0.2) is 285 Å². The first kappa shape index (κ1) is 54.2. The van der Waals surface area contributed by atoms with Gasteiger partial charge in [0.25, 0.3) is 6.33 Å². The van der Waals surface area contributed by atoms with Gasteiger partial charge in [-0.05, 0) is 128 Å². The van der Waals surface area contributed by atoms with Gasteiger partial charge in [0.05, 0.1) is 16.7 Å². The third-order valence-corrected chi connectivity index (χ3v) is 23.1. The quantitative estimate of drug-likeness (QED) is 0.0906. The van der Waals surface area contributed by atoms with E-state index in [1.807, 2.05) is 24.4 Å². The van der Waals surface area contributed by atoms with Gasteiger partial charge < -0.3 is 13.9 Å². The van der Waals surface area contributed by atoms with Crippen LogP contribution in [0.3, 0.4) is 0 Å². The Kier molecular flexibility index (Phi) is 13.0. The predicted octanol–water partition coefficient (Wildman–Crippen LogP) is 16.9. The minimum Gasteiger partial charge on any atom is -0.510 e. The van der Waals surface area contributed by atoms with E-state index in [2.05, 4.69) is 314 Å². The zero-order valence-corrected chi connectivity index (χ0v) is 52.4. The Labute approximate surface area is 533 Å². The average Bonchev–Trinajstić information content (AvgIpc) is 1.73. The van der Waals surface area contributed by atoms with Crippen LogP contribution >= 0.6 is 0 Å². The molecule has 426 valence electrons. The minimum atomic E-state index is -3.12. The summed E-state index contributed by atoms with van der Waals surface area (Å²) in [6.45, 7) is 6.70. The number of para-hydroxylation sites is 3. The molecule has 5 heterocycles. The second kappa shape index (κ2) is 21.3. The fraction of sp³-hybridized carbons (Fsp3) is 0.0488. The summed E-state index contributed by atoms with van der Waals surface area (Å²) < 4.78 is 13.6. The van der Waals surface area contributed by atoms with Crippen molar-refractivity contribution in [2.75, 3.05) is 0 Å². The second-order valence-electron chi connectivity index (χ2n) is 24.2. The zero-order chi connectivity index (χ0) is 58.7. The largest absolute Gasteiger partial charge is 0.510 e. The molecule has 0 fully saturated rings. The smallest absolute Gasteiger partial charge is 0.268 e. The molecule has 0 saturated carbocycles. The number of ether oxygens (including phenoxy) is 1. The number of nitrogens with zero attached hydrogens (tertiary/aromatic N) is 4. The van der Waals surface area contributed by atoms with Crippen molar-refractivity contribution in [2.45, 2.75) is 26.2 Å². The van der Waals surface area contributed by atoms with Crippen molar-refractivity contribution in [1.82, 2.24) is 14.1 Å². The van der Waals surface area contributed by atoms with E-state index in [4.69, 9.17) is 9.72 Å². The number of rotatable bonds is 7. The van der Waals surface area contributed by atoms with Gasteiger partial charge in [-0.2, -0.15) is 18.2 Å². The van der Waals surface area contributed by atoms with Gasteiger partial charge in [-0.25, -0.2) is 4.98 Å². The summed E-state index contributed by atoms with van der Waals surface area (Å²) in [5.74, 6) is 1.97. The molecule has 0 N–H and O–H groups in total. The summed E-state index contributed by atoms with van der Waals surface area (Å²) in [5, 5.41) is 7.60. The van der Waals surface area contributed by atoms with Crippen LogP contribution in [-0.4, -0.2) is 22.2 Å². The van der Waals surface area contributed by atoms with Crippen molar-refractivity contribution in [2.24, 2.45) is 0 Å². The van der Waals surface area contributed by atoms with E-state index in [1.165, 1.54) is 59.7 Å². The number of fused-ring (bicyclic) bond motifs is 15. The number of pyridine rings is 1. The summed E-state index contributed by atoms with van der Waals surface area (Å²) in [4.78, 5) is 4.93. The predicted molar refractivity (Wildman–Crippen MR) is 362 cm³/mol. The molecule has 5 nitrogen and oxygen atoms in total. The van der Waals surface area contributed by atoms with E-state index in [1.54, 1.807) is 0 Å². The van der Waals surface area contributed by atoms with Gasteiger partial charge >= 0.3 is 0 Å². The molecule has 0 spiro atoms. The van der Waals surface area contributed by atoms with Crippen molar-refractivity contribution in [3.8, 4) is 95.5 Å². The first-order valence-electron chi connectivity index (χ1n) is 30.2. The van der Waals surface area contributed by atoms with E-state index < -0.39 is 8.07 Å². The van der Waals surface area contributed by atoms with Gasteiger partial charge in [0, 0.05) is 44.3 Å². The first-order chi connectivity index (χ1) is 43.3. The Balaban J connectivity index is 0.00000636.